The van der Waals surface area contributed by atoms with Crippen molar-refractivity contribution in [2.75, 3.05) is 27.2 Å². The molecular formula is C6H13ClN2O2. The number of nitrogens with one attached hydrogen (secondary N) is 1. The molecule has 5 heteroatoms. The van der Waals surface area contributed by atoms with Gasteiger partial charge in [-0.2, -0.15) is 0 Å². The quantitative estimate of drug-likeness (QED) is 0.622. The van der Waals surface area contributed by atoms with Gasteiger partial charge in [0.05, 0.1) is 0 Å². The fraction of sp³-hybridized carbons (Fsp3) is 0.833. The van der Waals surface area contributed by atoms with E-state index in [1.165, 1.54) is 4.90 Å². The number of nitrogens with zero attached hydrogens (tertiary/aromatic N) is 1. The highest BCUT2D eigenvalue weighted by Gasteiger charge is 2.21. The van der Waals surface area contributed by atoms with E-state index >= 15 is 0 Å². The number of ether oxygens (including phenoxy) is 1. The van der Waals surface area contributed by atoms with Crippen LogP contribution in [0.15, 0.2) is 0 Å². The van der Waals surface area contributed by atoms with E-state index in [0.29, 0.717) is 0 Å². The van der Waals surface area contributed by atoms with Crippen molar-refractivity contribution in [1.82, 2.24) is 10.2 Å². The molecular weight excluding hydrogens is 168 g/mol. The van der Waals surface area contributed by atoms with E-state index in [9.17, 15) is 4.79 Å². The molecule has 0 radical (unpaired) electrons. The first kappa shape index (κ1) is 10.5. The standard InChI is InChI=1S/C6H12N2O2.ClH/c1-8(2)6(9)10-5-3-7-4-5;/h5,7H,3-4H2,1-2H3;1H. The van der Waals surface area contributed by atoms with Crippen LogP contribution in [0.1, 0.15) is 0 Å². The van der Waals surface area contributed by atoms with Crippen molar-refractivity contribution in [2.45, 2.75) is 6.10 Å². The first-order chi connectivity index (χ1) is 4.70. The summed E-state index contributed by atoms with van der Waals surface area (Å²) < 4.78 is 4.97. The van der Waals surface area contributed by atoms with E-state index in [-0.39, 0.29) is 24.6 Å². The topological polar surface area (TPSA) is 41.6 Å². The van der Waals surface area contributed by atoms with Crippen molar-refractivity contribution in [3.05, 3.63) is 0 Å². The molecule has 1 aliphatic heterocycles. The van der Waals surface area contributed by atoms with E-state index in [0.717, 1.165) is 13.1 Å². The summed E-state index contributed by atoms with van der Waals surface area (Å²) in [6.07, 6.45) is -0.165. The summed E-state index contributed by atoms with van der Waals surface area (Å²) in [4.78, 5) is 12.3. The lowest BCUT2D eigenvalue weighted by Crippen LogP contribution is -2.50. The maximum absolute atomic E-state index is 10.8. The summed E-state index contributed by atoms with van der Waals surface area (Å²) in [6, 6.07) is 0. The van der Waals surface area contributed by atoms with Gasteiger partial charge in [-0.05, 0) is 0 Å². The molecule has 1 amide bonds. The Kier molecular flexibility index (Phi) is 4.22. The Bertz CT molecular complexity index is 137. The van der Waals surface area contributed by atoms with Crippen molar-refractivity contribution in [3.8, 4) is 0 Å². The minimum absolute atomic E-state index is 0. The molecule has 0 aromatic heterocycles. The normalized spacial score (nSPS) is 16.2. The summed E-state index contributed by atoms with van der Waals surface area (Å²) in [5.41, 5.74) is 0. The number of rotatable bonds is 1. The Morgan fingerprint density at radius 3 is 2.36 bits per heavy atom. The van der Waals surface area contributed by atoms with Gasteiger partial charge in [0.1, 0.15) is 6.10 Å². The predicted octanol–water partition coefficient (Wildman–Crippen LogP) is 0.0782. The zero-order chi connectivity index (χ0) is 7.56. The molecule has 1 rings (SSSR count). The van der Waals surface area contributed by atoms with Crippen molar-refractivity contribution >= 4 is 18.5 Å². The number of halogens is 1. The zero-order valence-electron chi connectivity index (χ0n) is 6.66. The van der Waals surface area contributed by atoms with Gasteiger partial charge in [-0.25, -0.2) is 4.79 Å². The van der Waals surface area contributed by atoms with Gasteiger partial charge in [-0.15, -0.1) is 12.4 Å². The SMILES string of the molecule is CN(C)C(=O)OC1CNC1.Cl. The number of hydrogen-bond donors (Lipinski definition) is 1. The highest BCUT2D eigenvalue weighted by atomic mass is 35.5. The van der Waals surface area contributed by atoms with Crippen molar-refractivity contribution in [2.24, 2.45) is 0 Å². The fourth-order valence-electron chi connectivity index (χ4n) is 0.594. The average Bonchev–Trinajstić information content (AvgIpc) is 1.77. The molecule has 0 atom stereocenters. The summed E-state index contributed by atoms with van der Waals surface area (Å²) in [7, 11) is 3.35. The van der Waals surface area contributed by atoms with Gasteiger partial charge in [0.15, 0.2) is 0 Å². The van der Waals surface area contributed by atoms with Crippen LogP contribution in [0.4, 0.5) is 4.79 Å². The van der Waals surface area contributed by atoms with Crippen LogP contribution in [0.3, 0.4) is 0 Å². The first-order valence-corrected chi connectivity index (χ1v) is 3.29. The van der Waals surface area contributed by atoms with Crippen LogP contribution in [-0.2, 0) is 4.74 Å². The number of carbonyl (C=O) groups excluding carboxylic acids is 1. The lowest BCUT2D eigenvalue weighted by atomic mass is 10.2. The molecule has 0 bridgehead atoms. The second-order valence-electron chi connectivity index (χ2n) is 2.56. The highest BCUT2D eigenvalue weighted by molar-refractivity contribution is 5.85. The van der Waals surface area contributed by atoms with Crippen LogP contribution in [0, 0.1) is 0 Å². The molecule has 0 saturated carbocycles. The van der Waals surface area contributed by atoms with Gasteiger partial charge in [-0.1, -0.05) is 0 Å². The average molecular weight is 181 g/mol. The van der Waals surface area contributed by atoms with Gasteiger partial charge >= 0.3 is 6.09 Å². The summed E-state index contributed by atoms with van der Waals surface area (Å²) in [6.45, 7) is 1.58. The molecule has 66 valence electrons. The molecule has 4 nitrogen and oxygen atoms in total. The minimum Gasteiger partial charge on any atom is -0.443 e. The fourth-order valence-corrected chi connectivity index (χ4v) is 0.594. The third-order valence-corrected chi connectivity index (χ3v) is 1.38. The number of carbonyl (C=O) groups is 1. The third kappa shape index (κ3) is 2.95. The van der Waals surface area contributed by atoms with E-state index in [2.05, 4.69) is 5.32 Å². The minimum atomic E-state index is -0.258. The van der Waals surface area contributed by atoms with E-state index in [4.69, 9.17) is 4.74 Å². The number of hydrogen-bond acceptors (Lipinski definition) is 3. The van der Waals surface area contributed by atoms with Crippen molar-refractivity contribution < 1.29 is 9.53 Å². The Labute approximate surface area is 72.3 Å². The van der Waals surface area contributed by atoms with Crippen molar-refractivity contribution in [1.29, 1.82) is 0 Å². The van der Waals surface area contributed by atoms with E-state index in [1.54, 1.807) is 14.1 Å². The predicted molar refractivity (Wildman–Crippen MR) is 44.1 cm³/mol. The monoisotopic (exact) mass is 180 g/mol. The molecule has 1 saturated heterocycles. The Morgan fingerprint density at radius 1 is 1.55 bits per heavy atom. The van der Waals surface area contributed by atoms with Gasteiger partial charge < -0.3 is 15.0 Å². The maximum atomic E-state index is 10.8. The molecule has 1 aliphatic rings. The molecule has 1 fully saturated rings. The summed E-state index contributed by atoms with van der Waals surface area (Å²) in [5.74, 6) is 0. The Hall–Kier alpha value is -0.480. The van der Waals surface area contributed by atoms with Crippen LogP contribution < -0.4 is 5.32 Å². The van der Waals surface area contributed by atoms with Crippen LogP contribution in [-0.4, -0.2) is 44.3 Å². The lowest BCUT2D eigenvalue weighted by molar-refractivity contribution is 0.0485. The largest absolute Gasteiger partial charge is 0.443 e. The molecule has 0 unspecified atom stereocenters. The Balaban J connectivity index is 0.000001000. The van der Waals surface area contributed by atoms with E-state index in [1.807, 2.05) is 0 Å². The van der Waals surface area contributed by atoms with Gasteiger partial charge in [0.25, 0.3) is 0 Å². The van der Waals surface area contributed by atoms with Crippen molar-refractivity contribution in [3.63, 3.8) is 0 Å². The van der Waals surface area contributed by atoms with Gasteiger partial charge in [0.2, 0.25) is 0 Å². The zero-order valence-corrected chi connectivity index (χ0v) is 7.48. The van der Waals surface area contributed by atoms with Gasteiger partial charge in [0, 0.05) is 27.2 Å². The second-order valence-corrected chi connectivity index (χ2v) is 2.56. The van der Waals surface area contributed by atoms with E-state index < -0.39 is 0 Å². The molecule has 0 spiro atoms. The number of amides is 1. The Morgan fingerprint density at radius 2 is 2.09 bits per heavy atom. The molecule has 1 N–H and O–H groups in total. The molecule has 0 aromatic carbocycles. The molecule has 0 aromatic rings. The maximum Gasteiger partial charge on any atom is 0.409 e. The van der Waals surface area contributed by atoms with Crippen LogP contribution in [0.2, 0.25) is 0 Å². The summed E-state index contributed by atoms with van der Waals surface area (Å²) in [5, 5.41) is 3.01. The highest BCUT2D eigenvalue weighted by Crippen LogP contribution is 1.99. The molecule has 0 aliphatic carbocycles. The van der Waals surface area contributed by atoms with Crippen LogP contribution >= 0.6 is 12.4 Å². The summed E-state index contributed by atoms with van der Waals surface area (Å²) >= 11 is 0. The first-order valence-electron chi connectivity index (χ1n) is 3.29. The lowest BCUT2D eigenvalue weighted by Gasteiger charge is -2.27. The molecule has 1 heterocycles. The van der Waals surface area contributed by atoms with Gasteiger partial charge in [-0.3, -0.25) is 0 Å². The third-order valence-electron chi connectivity index (χ3n) is 1.38. The second kappa shape index (κ2) is 4.41. The van der Waals surface area contributed by atoms with Crippen LogP contribution in [0.25, 0.3) is 0 Å². The molecule has 11 heavy (non-hydrogen) atoms. The van der Waals surface area contributed by atoms with Crippen LogP contribution in [0.5, 0.6) is 0 Å². The smallest absolute Gasteiger partial charge is 0.409 e.